The maximum Gasteiger partial charge on any atom is 0.345 e. The van der Waals surface area contributed by atoms with Crippen LogP contribution >= 0.6 is 0 Å². The molecule has 3 rings (SSSR count). The number of rotatable bonds is 3. The van der Waals surface area contributed by atoms with E-state index in [0.29, 0.717) is 11.3 Å². The Labute approximate surface area is 140 Å². The highest BCUT2D eigenvalue weighted by molar-refractivity contribution is 6.04. The lowest BCUT2D eigenvalue weighted by molar-refractivity contribution is 0.0525. The van der Waals surface area contributed by atoms with Crippen molar-refractivity contribution in [2.75, 3.05) is 44.7 Å². The second-order valence-electron chi connectivity index (χ2n) is 6.04. The molecule has 1 saturated heterocycles. The molecule has 0 atom stereocenters. The van der Waals surface area contributed by atoms with Crippen molar-refractivity contribution in [1.82, 2.24) is 14.9 Å². The van der Waals surface area contributed by atoms with Gasteiger partial charge >= 0.3 is 5.97 Å². The van der Waals surface area contributed by atoms with Gasteiger partial charge in [-0.25, -0.2) is 9.78 Å². The lowest BCUT2D eigenvalue weighted by Gasteiger charge is -2.35. The standard InChI is InChI=1S/C17H22N4O3/c1-4-24-17(23)13-14(21-9-7-20(3)8-10-21)12-6-5-11(2)18-15(12)19-16(13)22/h5-6H,4,7-10H2,1-3H3,(H,18,19,22). The molecule has 0 amide bonds. The van der Waals surface area contributed by atoms with Crippen molar-refractivity contribution in [2.24, 2.45) is 0 Å². The van der Waals surface area contributed by atoms with Crippen molar-refractivity contribution < 1.29 is 9.53 Å². The van der Waals surface area contributed by atoms with Gasteiger partial charge in [0.05, 0.1) is 12.3 Å². The Bertz CT molecular complexity index is 822. The summed E-state index contributed by atoms with van der Waals surface area (Å²) in [7, 11) is 2.06. The molecular weight excluding hydrogens is 308 g/mol. The van der Waals surface area contributed by atoms with Gasteiger partial charge in [-0.15, -0.1) is 0 Å². The fourth-order valence-corrected chi connectivity index (χ4v) is 3.01. The Morgan fingerprint density at radius 1 is 1.29 bits per heavy atom. The number of aromatic amines is 1. The van der Waals surface area contributed by atoms with Crippen LogP contribution in [-0.4, -0.2) is 60.7 Å². The minimum Gasteiger partial charge on any atom is -0.462 e. The van der Waals surface area contributed by atoms with E-state index in [-0.39, 0.29) is 12.2 Å². The Balaban J connectivity index is 2.22. The van der Waals surface area contributed by atoms with Crippen LogP contribution in [0.1, 0.15) is 23.0 Å². The first-order valence-electron chi connectivity index (χ1n) is 8.15. The SMILES string of the molecule is CCOC(=O)c1c(N2CCN(C)CC2)c2ccc(C)nc2[nH]c1=O. The predicted octanol–water partition coefficient (Wildman–Crippen LogP) is 1.16. The van der Waals surface area contributed by atoms with E-state index >= 15 is 0 Å². The van der Waals surface area contributed by atoms with E-state index in [1.807, 2.05) is 19.1 Å². The van der Waals surface area contributed by atoms with Crippen LogP contribution < -0.4 is 10.5 Å². The molecule has 128 valence electrons. The van der Waals surface area contributed by atoms with Crippen molar-refractivity contribution in [3.8, 4) is 0 Å². The molecule has 1 aliphatic rings. The van der Waals surface area contributed by atoms with Crippen LogP contribution in [0, 0.1) is 6.92 Å². The Morgan fingerprint density at radius 2 is 2.00 bits per heavy atom. The lowest BCUT2D eigenvalue weighted by Crippen LogP contribution is -2.45. The van der Waals surface area contributed by atoms with E-state index < -0.39 is 11.5 Å². The molecule has 0 bridgehead atoms. The summed E-state index contributed by atoms with van der Waals surface area (Å²) in [6.45, 7) is 7.06. The lowest BCUT2D eigenvalue weighted by atomic mass is 10.1. The van der Waals surface area contributed by atoms with Crippen molar-refractivity contribution in [2.45, 2.75) is 13.8 Å². The van der Waals surface area contributed by atoms with E-state index in [9.17, 15) is 9.59 Å². The smallest absolute Gasteiger partial charge is 0.345 e. The van der Waals surface area contributed by atoms with Gasteiger partial charge in [0.25, 0.3) is 5.56 Å². The molecule has 0 spiro atoms. The molecular formula is C17H22N4O3. The first-order valence-corrected chi connectivity index (χ1v) is 8.15. The van der Waals surface area contributed by atoms with Gasteiger partial charge < -0.3 is 19.5 Å². The third kappa shape index (κ3) is 2.99. The molecule has 1 fully saturated rings. The third-order valence-electron chi connectivity index (χ3n) is 4.28. The van der Waals surface area contributed by atoms with Crippen LogP contribution in [0.2, 0.25) is 0 Å². The molecule has 0 radical (unpaired) electrons. The molecule has 24 heavy (non-hydrogen) atoms. The minimum absolute atomic E-state index is 0.0690. The summed E-state index contributed by atoms with van der Waals surface area (Å²) in [5.41, 5.74) is 1.56. The number of aryl methyl sites for hydroxylation is 1. The van der Waals surface area contributed by atoms with Gasteiger partial charge in [-0.1, -0.05) is 0 Å². The number of carbonyl (C=O) groups excluding carboxylic acids is 1. The molecule has 1 aliphatic heterocycles. The molecule has 0 aromatic carbocycles. The molecule has 2 aromatic heterocycles. The number of nitrogens with one attached hydrogen (secondary N) is 1. The fraction of sp³-hybridized carbons (Fsp3) is 0.471. The number of H-pyrrole nitrogens is 1. The maximum absolute atomic E-state index is 12.6. The van der Waals surface area contributed by atoms with Crippen molar-refractivity contribution in [1.29, 1.82) is 0 Å². The van der Waals surface area contributed by atoms with E-state index in [2.05, 4.69) is 26.8 Å². The number of carbonyl (C=O) groups is 1. The summed E-state index contributed by atoms with van der Waals surface area (Å²) >= 11 is 0. The number of nitrogens with zero attached hydrogens (tertiary/aromatic N) is 3. The van der Waals surface area contributed by atoms with Crippen molar-refractivity contribution >= 4 is 22.7 Å². The molecule has 3 heterocycles. The van der Waals surface area contributed by atoms with Crippen LogP contribution in [0.5, 0.6) is 0 Å². The van der Waals surface area contributed by atoms with Crippen LogP contribution in [-0.2, 0) is 4.74 Å². The molecule has 0 aliphatic carbocycles. The molecule has 2 aromatic rings. The van der Waals surface area contributed by atoms with Gasteiger partial charge in [0, 0.05) is 37.3 Å². The second kappa shape index (κ2) is 6.60. The Hall–Kier alpha value is -2.41. The summed E-state index contributed by atoms with van der Waals surface area (Å²) in [5.74, 6) is -0.588. The zero-order valence-electron chi connectivity index (χ0n) is 14.3. The zero-order chi connectivity index (χ0) is 17.3. The molecule has 0 saturated carbocycles. The highest BCUT2D eigenvalue weighted by Gasteiger charge is 2.26. The summed E-state index contributed by atoms with van der Waals surface area (Å²) < 4.78 is 5.12. The quantitative estimate of drug-likeness (QED) is 0.851. The van der Waals surface area contributed by atoms with Gasteiger partial charge in [0.1, 0.15) is 11.2 Å². The minimum atomic E-state index is -0.588. The summed E-state index contributed by atoms with van der Waals surface area (Å²) in [4.78, 5) is 36.4. The number of anilines is 1. The Morgan fingerprint density at radius 3 is 2.67 bits per heavy atom. The number of hydrogen-bond acceptors (Lipinski definition) is 6. The third-order valence-corrected chi connectivity index (χ3v) is 4.28. The van der Waals surface area contributed by atoms with Gasteiger partial charge in [0.15, 0.2) is 0 Å². The van der Waals surface area contributed by atoms with E-state index in [0.717, 1.165) is 37.3 Å². The monoisotopic (exact) mass is 330 g/mol. The van der Waals surface area contributed by atoms with Gasteiger partial charge in [-0.2, -0.15) is 0 Å². The number of hydrogen-bond donors (Lipinski definition) is 1. The maximum atomic E-state index is 12.6. The predicted molar refractivity (Wildman–Crippen MR) is 92.8 cm³/mol. The summed E-state index contributed by atoms with van der Waals surface area (Å²) in [6, 6.07) is 3.79. The first-order chi connectivity index (χ1) is 11.5. The summed E-state index contributed by atoms with van der Waals surface area (Å²) in [5, 5.41) is 0.771. The average Bonchev–Trinajstić information content (AvgIpc) is 2.54. The van der Waals surface area contributed by atoms with Crippen LogP contribution in [0.15, 0.2) is 16.9 Å². The number of pyridine rings is 2. The normalized spacial score (nSPS) is 15.7. The molecule has 1 N–H and O–H groups in total. The summed E-state index contributed by atoms with van der Waals surface area (Å²) in [6.07, 6.45) is 0. The molecule has 7 heteroatoms. The second-order valence-corrected chi connectivity index (χ2v) is 6.04. The Kier molecular flexibility index (Phi) is 4.53. The van der Waals surface area contributed by atoms with Crippen molar-refractivity contribution in [3.63, 3.8) is 0 Å². The van der Waals surface area contributed by atoms with Crippen LogP contribution in [0.25, 0.3) is 11.0 Å². The van der Waals surface area contributed by atoms with E-state index in [4.69, 9.17) is 4.74 Å². The number of esters is 1. The number of aromatic nitrogens is 2. The van der Waals surface area contributed by atoms with Gasteiger partial charge in [0.2, 0.25) is 0 Å². The van der Waals surface area contributed by atoms with E-state index in [1.54, 1.807) is 6.92 Å². The highest BCUT2D eigenvalue weighted by Crippen LogP contribution is 2.28. The van der Waals surface area contributed by atoms with E-state index in [1.165, 1.54) is 0 Å². The van der Waals surface area contributed by atoms with Gasteiger partial charge in [-0.05, 0) is 33.0 Å². The van der Waals surface area contributed by atoms with Crippen LogP contribution in [0.4, 0.5) is 5.69 Å². The number of likely N-dealkylation sites (N-methyl/N-ethyl adjacent to an activating group) is 1. The van der Waals surface area contributed by atoms with Crippen molar-refractivity contribution in [3.05, 3.63) is 33.7 Å². The first kappa shape index (κ1) is 16.4. The average molecular weight is 330 g/mol. The fourth-order valence-electron chi connectivity index (χ4n) is 3.01. The topological polar surface area (TPSA) is 78.5 Å². The number of ether oxygens (including phenoxy) is 1. The molecule has 7 nitrogen and oxygen atoms in total. The molecule has 0 unspecified atom stereocenters. The number of piperazine rings is 1. The van der Waals surface area contributed by atoms with Crippen LogP contribution in [0.3, 0.4) is 0 Å². The van der Waals surface area contributed by atoms with Gasteiger partial charge in [-0.3, -0.25) is 4.79 Å². The largest absolute Gasteiger partial charge is 0.462 e. The zero-order valence-corrected chi connectivity index (χ0v) is 14.3. The highest BCUT2D eigenvalue weighted by atomic mass is 16.5. The number of fused-ring (bicyclic) bond motifs is 1.